The van der Waals surface area contributed by atoms with E-state index in [2.05, 4.69) is 41.5 Å². The Hall–Kier alpha value is -1.44. The van der Waals surface area contributed by atoms with E-state index in [-0.39, 0.29) is 0 Å². The second kappa shape index (κ2) is 4.44. The summed E-state index contributed by atoms with van der Waals surface area (Å²) in [5, 5.41) is 4.99. The van der Waals surface area contributed by atoms with Crippen molar-refractivity contribution in [3.05, 3.63) is 30.5 Å². The van der Waals surface area contributed by atoms with Gasteiger partial charge < -0.3 is 10.3 Å². The van der Waals surface area contributed by atoms with Gasteiger partial charge in [-0.3, -0.25) is 0 Å². The Balaban J connectivity index is 1.79. The minimum absolute atomic E-state index is 0.653. The predicted octanol–water partition coefficient (Wildman–Crippen LogP) is 4.16. The summed E-state index contributed by atoms with van der Waals surface area (Å²) in [6.45, 7) is 2.37. The van der Waals surface area contributed by atoms with E-state index >= 15 is 0 Å². The number of hydrogen-bond acceptors (Lipinski definition) is 1. The molecule has 0 radical (unpaired) electrons. The van der Waals surface area contributed by atoms with Gasteiger partial charge in [-0.2, -0.15) is 0 Å². The number of rotatable bonds is 2. The summed E-state index contributed by atoms with van der Waals surface area (Å²) >= 11 is 0. The number of nitrogens with one attached hydrogen (secondary N) is 2. The summed E-state index contributed by atoms with van der Waals surface area (Å²) in [6.07, 6.45) is 7.44. The van der Waals surface area contributed by atoms with E-state index < -0.39 is 0 Å². The Morgan fingerprint density at radius 3 is 2.94 bits per heavy atom. The van der Waals surface area contributed by atoms with Crippen LogP contribution in [-0.4, -0.2) is 11.0 Å². The highest BCUT2D eigenvalue weighted by Gasteiger charge is 2.20. The second-order valence-corrected chi connectivity index (χ2v) is 5.29. The summed E-state index contributed by atoms with van der Waals surface area (Å²) in [7, 11) is 0. The number of benzene rings is 1. The molecule has 1 aliphatic carbocycles. The number of H-pyrrole nitrogens is 1. The van der Waals surface area contributed by atoms with Gasteiger partial charge in [-0.1, -0.05) is 19.8 Å². The number of aromatic amines is 1. The molecule has 1 saturated carbocycles. The maximum atomic E-state index is 3.70. The molecule has 0 amide bonds. The van der Waals surface area contributed by atoms with E-state index in [9.17, 15) is 0 Å². The first-order valence-corrected chi connectivity index (χ1v) is 6.66. The van der Waals surface area contributed by atoms with Crippen molar-refractivity contribution in [3.8, 4) is 0 Å². The number of hydrogen-bond donors (Lipinski definition) is 2. The smallest absolute Gasteiger partial charge is 0.0455 e. The molecule has 0 saturated heterocycles. The first kappa shape index (κ1) is 10.7. The molecule has 1 fully saturated rings. The molecular formula is C15H20N2. The van der Waals surface area contributed by atoms with Gasteiger partial charge in [0.25, 0.3) is 0 Å². The molecule has 0 bridgehead atoms. The lowest BCUT2D eigenvalue weighted by atomic mass is 9.86. The Morgan fingerprint density at radius 1 is 1.18 bits per heavy atom. The van der Waals surface area contributed by atoms with Crippen LogP contribution in [0.5, 0.6) is 0 Å². The second-order valence-electron chi connectivity index (χ2n) is 5.29. The molecule has 1 aliphatic rings. The quantitative estimate of drug-likeness (QED) is 0.793. The molecule has 0 spiro atoms. The largest absolute Gasteiger partial charge is 0.382 e. The summed E-state index contributed by atoms with van der Waals surface area (Å²) in [6, 6.07) is 9.36. The van der Waals surface area contributed by atoms with Gasteiger partial charge in [0.15, 0.2) is 0 Å². The highest BCUT2D eigenvalue weighted by molar-refractivity contribution is 5.83. The Labute approximate surface area is 102 Å². The third-order valence-electron chi connectivity index (χ3n) is 4.02. The fourth-order valence-corrected chi connectivity index (χ4v) is 2.89. The molecule has 2 nitrogen and oxygen atoms in total. The molecule has 17 heavy (non-hydrogen) atoms. The van der Waals surface area contributed by atoms with Crippen LogP contribution in [0.1, 0.15) is 32.6 Å². The van der Waals surface area contributed by atoms with Gasteiger partial charge in [0.05, 0.1) is 0 Å². The number of anilines is 1. The third-order valence-corrected chi connectivity index (χ3v) is 4.02. The average Bonchev–Trinajstić information content (AvgIpc) is 2.79. The van der Waals surface area contributed by atoms with Crippen LogP contribution >= 0.6 is 0 Å². The topological polar surface area (TPSA) is 27.8 Å². The van der Waals surface area contributed by atoms with Crippen LogP contribution < -0.4 is 5.32 Å². The van der Waals surface area contributed by atoms with Crippen molar-refractivity contribution >= 4 is 16.6 Å². The van der Waals surface area contributed by atoms with Crippen LogP contribution in [0.15, 0.2) is 30.5 Å². The maximum absolute atomic E-state index is 3.70. The zero-order valence-electron chi connectivity index (χ0n) is 10.4. The van der Waals surface area contributed by atoms with Gasteiger partial charge in [-0.25, -0.2) is 0 Å². The normalized spacial score (nSPS) is 25.0. The van der Waals surface area contributed by atoms with Gasteiger partial charge in [0.2, 0.25) is 0 Å². The first-order valence-electron chi connectivity index (χ1n) is 6.66. The monoisotopic (exact) mass is 228 g/mol. The van der Waals surface area contributed by atoms with Gasteiger partial charge in [0, 0.05) is 28.8 Å². The van der Waals surface area contributed by atoms with E-state index in [1.807, 2.05) is 6.20 Å². The highest BCUT2D eigenvalue weighted by Crippen LogP contribution is 2.27. The van der Waals surface area contributed by atoms with Crippen molar-refractivity contribution in [1.82, 2.24) is 4.98 Å². The van der Waals surface area contributed by atoms with Gasteiger partial charge in [-0.15, -0.1) is 0 Å². The van der Waals surface area contributed by atoms with E-state index in [1.54, 1.807) is 0 Å². The molecule has 2 unspecified atom stereocenters. The van der Waals surface area contributed by atoms with Gasteiger partial charge in [0.1, 0.15) is 0 Å². The zero-order chi connectivity index (χ0) is 11.7. The van der Waals surface area contributed by atoms with Crippen LogP contribution in [0, 0.1) is 5.92 Å². The zero-order valence-corrected chi connectivity index (χ0v) is 10.4. The van der Waals surface area contributed by atoms with E-state index in [1.165, 1.54) is 42.3 Å². The summed E-state index contributed by atoms with van der Waals surface area (Å²) in [5.41, 5.74) is 2.48. The highest BCUT2D eigenvalue weighted by atomic mass is 14.9. The fraction of sp³-hybridized carbons (Fsp3) is 0.467. The third kappa shape index (κ3) is 2.17. The van der Waals surface area contributed by atoms with Gasteiger partial charge >= 0.3 is 0 Å². The lowest BCUT2D eigenvalue weighted by molar-refractivity contribution is 0.349. The average molecular weight is 228 g/mol. The van der Waals surface area contributed by atoms with E-state index in [0.717, 1.165) is 5.92 Å². The number of fused-ring (bicyclic) bond motifs is 1. The molecule has 2 heteroatoms. The fourth-order valence-electron chi connectivity index (χ4n) is 2.89. The molecule has 90 valence electrons. The lowest BCUT2D eigenvalue weighted by Crippen LogP contribution is -2.30. The lowest BCUT2D eigenvalue weighted by Gasteiger charge is -2.30. The standard InChI is InChI=1S/C15H20N2/c1-11-4-2-3-5-14(11)17-13-6-7-15-12(10-13)8-9-16-15/h6-11,14,16-17H,2-5H2,1H3. The molecule has 0 aliphatic heterocycles. The van der Waals surface area contributed by atoms with Crippen LogP contribution in [-0.2, 0) is 0 Å². The Bertz CT molecular complexity index is 500. The van der Waals surface area contributed by atoms with Crippen molar-refractivity contribution in [2.24, 2.45) is 5.92 Å². The Morgan fingerprint density at radius 2 is 2.06 bits per heavy atom. The molecule has 3 rings (SSSR count). The van der Waals surface area contributed by atoms with Crippen LogP contribution in [0.2, 0.25) is 0 Å². The first-order chi connectivity index (χ1) is 8.33. The summed E-state index contributed by atoms with van der Waals surface area (Å²) in [5.74, 6) is 0.797. The minimum Gasteiger partial charge on any atom is -0.382 e. The Kier molecular flexibility index (Phi) is 2.79. The molecule has 1 heterocycles. The van der Waals surface area contributed by atoms with Crippen molar-refractivity contribution < 1.29 is 0 Å². The maximum Gasteiger partial charge on any atom is 0.0455 e. The molecule has 2 atom stereocenters. The number of aromatic nitrogens is 1. The molecule has 1 aromatic heterocycles. The van der Waals surface area contributed by atoms with Crippen molar-refractivity contribution in [1.29, 1.82) is 0 Å². The molecule has 2 aromatic rings. The van der Waals surface area contributed by atoms with Crippen molar-refractivity contribution in [2.75, 3.05) is 5.32 Å². The summed E-state index contributed by atoms with van der Waals surface area (Å²) < 4.78 is 0. The van der Waals surface area contributed by atoms with Crippen LogP contribution in [0.3, 0.4) is 0 Å². The SMILES string of the molecule is CC1CCCCC1Nc1ccc2[nH]ccc2c1. The minimum atomic E-state index is 0.653. The molecular weight excluding hydrogens is 208 g/mol. The van der Waals surface area contributed by atoms with Crippen molar-refractivity contribution in [3.63, 3.8) is 0 Å². The van der Waals surface area contributed by atoms with E-state index in [4.69, 9.17) is 0 Å². The van der Waals surface area contributed by atoms with Crippen molar-refractivity contribution in [2.45, 2.75) is 38.6 Å². The van der Waals surface area contributed by atoms with E-state index in [0.29, 0.717) is 6.04 Å². The molecule has 1 aromatic carbocycles. The predicted molar refractivity (Wildman–Crippen MR) is 73.3 cm³/mol. The van der Waals surface area contributed by atoms with Crippen LogP contribution in [0.25, 0.3) is 10.9 Å². The van der Waals surface area contributed by atoms with Gasteiger partial charge in [-0.05, 0) is 43.0 Å². The molecule has 2 N–H and O–H groups in total. The summed E-state index contributed by atoms with van der Waals surface area (Å²) in [4.78, 5) is 3.23. The van der Waals surface area contributed by atoms with Crippen LogP contribution in [0.4, 0.5) is 5.69 Å².